The van der Waals surface area contributed by atoms with Gasteiger partial charge >= 0.3 is 6.09 Å². The number of imidazole rings is 1. The lowest BCUT2D eigenvalue weighted by Crippen LogP contribution is -2.17. The largest absolute Gasteiger partial charge is 0.493 e. The van der Waals surface area contributed by atoms with E-state index in [1.54, 1.807) is 6.20 Å². The fourth-order valence-electron chi connectivity index (χ4n) is 4.55. The summed E-state index contributed by atoms with van der Waals surface area (Å²) in [6.45, 7) is 4.99. The molecule has 2 aromatic carbocycles. The van der Waals surface area contributed by atoms with Crippen molar-refractivity contribution in [1.29, 1.82) is 5.26 Å². The van der Waals surface area contributed by atoms with E-state index in [0.29, 0.717) is 30.2 Å². The molecule has 1 amide bonds. The average molecular weight is 498 g/mol. The number of nitrogens with one attached hydrogen (secondary N) is 1. The van der Waals surface area contributed by atoms with Gasteiger partial charge in [-0.05, 0) is 62.4 Å². The first-order valence-electron chi connectivity index (χ1n) is 12.7. The van der Waals surface area contributed by atoms with Crippen molar-refractivity contribution in [2.24, 2.45) is 13.0 Å². The van der Waals surface area contributed by atoms with E-state index in [9.17, 15) is 10.1 Å². The molecule has 0 bridgehead atoms. The first kappa shape index (κ1) is 24.4. The Balaban J connectivity index is 1.45. The normalized spacial score (nSPS) is 13.1. The summed E-state index contributed by atoms with van der Waals surface area (Å²) in [5.41, 5.74) is 4.10. The van der Waals surface area contributed by atoms with Gasteiger partial charge in [-0.25, -0.2) is 9.78 Å². The van der Waals surface area contributed by atoms with Crippen LogP contribution in [0.15, 0.2) is 54.9 Å². The molecule has 0 atom stereocenters. The van der Waals surface area contributed by atoms with E-state index in [4.69, 9.17) is 9.47 Å². The van der Waals surface area contributed by atoms with Crippen molar-refractivity contribution in [3.63, 3.8) is 0 Å². The van der Waals surface area contributed by atoms with Crippen molar-refractivity contribution >= 4 is 22.7 Å². The van der Waals surface area contributed by atoms with Gasteiger partial charge in [0.1, 0.15) is 17.6 Å². The number of anilines is 1. The molecule has 2 heterocycles. The number of fused-ring (bicyclic) bond motifs is 1. The predicted octanol–water partition coefficient (Wildman–Crippen LogP) is 5.90. The van der Waals surface area contributed by atoms with Crippen LogP contribution in [0.4, 0.5) is 10.5 Å². The monoisotopic (exact) mass is 497 g/mol. The van der Waals surface area contributed by atoms with Crippen LogP contribution in [0.3, 0.4) is 0 Å². The highest BCUT2D eigenvalue weighted by molar-refractivity contribution is 5.95. The number of amides is 1. The Morgan fingerprint density at radius 3 is 2.65 bits per heavy atom. The van der Waals surface area contributed by atoms with Crippen LogP contribution in [-0.4, -0.2) is 32.9 Å². The van der Waals surface area contributed by atoms with Gasteiger partial charge in [-0.3, -0.25) is 5.32 Å². The fraction of sp³-hybridized carbons (Fsp3) is 0.345. The van der Waals surface area contributed by atoms with E-state index in [2.05, 4.69) is 20.9 Å². The number of aryl methyl sites for hydroxylation is 1. The molecule has 1 saturated carbocycles. The van der Waals surface area contributed by atoms with Crippen LogP contribution < -0.4 is 10.1 Å². The second kappa shape index (κ2) is 10.4. The molecule has 1 aliphatic rings. The van der Waals surface area contributed by atoms with E-state index in [-0.39, 0.29) is 6.10 Å². The summed E-state index contributed by atoms with van der Waals surface area (Å²) in [7, 11) is 1.98. The SMILES string of the molecule is CC(C)OC(=O)Nc1ccc(-c2c(C#N)c3ccc(OCCc4nccn4C)cc3n2CC2CC2)cc1. The Morgan fingerprint density at radius 2 is 2.00 bits per heavy atom. The number of rotatable bonds is 9. The highest BCUT2D eigenvalue weighted by atomic mass is 16.6. The Hall–Kier alpha value is -4.25. The van der Waals surface area contributed by atoms with Gasteiger partial charge in [0.25, 0.3) is 0 Å². The summed E-state index contributed by atoms with van der Waals surface area (Å²) in [6.07, 6.45) is 6.14. The summed E-state index contributed by atoms with van der Waals surface area (Å²) in [4.78, 5) is 16.3. The summed E-state index contributed by atoms with van der Waals surface area (Å²) in [5.74, 6) is 2.36. The van der Waals surface area contributed by atoms with Gasteiger partial charge in [0.2, 0.25) is 0 Å². The standard InChI is InChI=1S/C29H31N5O3/c1-19(2)37-29(35)32-22-8-6-21(7-9-22)28-25(17-30)24-11-10-23(16-26(24)34(28)18-20-4-5-20)36-15-12-27-31-13-14-33(27)3/h6-11,13-14,16,19-20H,4-5,12,15,18H2,1-3H3,(H,32,35). The third-order valence-electron chi connectivity index (χ3n) is 6.55. The fourth-order valence-corrected chi connectivity index (χ4v) is 4.55. The molecule has 0 spiro atoms. The third kappa shape index (κ3) is 5.46. The number of ether oxygens (including phenoxy) is 2. The molecule has 190 valence electrons. The highest BCUT2D eigenvalue weighted by Crippen LogP contribution is 2.39. The van der Waals surface area contributed by atoms with Crippen LogP contribution in [-0.2, 0) is 24.8 Å². The van der Waals surface area contributed by atoms with Crippen molar-refractivity contribution in [2.45, 2.75) is 45.8 Å². The number of nitrogens with zero attached hydrogens (tertiary/aromatic N) is 4. The lowest BCUT2D eigenvalue weighted by Gasteiger charge is -2.13. The van der Waals surface area contributed by atoms with E-state index in [0.717, 1.165) is 40.3 Å². The molecule has 4 aromatic rings. The van der Waals surface area contributed by atoms with Gasteiger partial charge in [-0.1, -0.05) is 12.1 Å². The maximum absolute atomic E-state index is 12.0. The molecular weight excluding hydrogens is 466 g/mol. The average Bonchev–Trinajstić information content (AvgIpc) is 3.52. The summed E-state index contributed by atoms with van der Waals surface area (Å²) < 4.78 is 15.5. The predicted molar refractivity (Wildman–Crippen MR) is 142 cm³/mol. The van der Waals surface area contributed by atoms with Crippen LogP contribution in [0.5, 0.6) is 5.75 Å². The Morgan fingerprint density at radius 1 is 1.22 bits per heavy atom. The molecule has 0 unspecified atom stereocenters. The molecule has 2 aromatic heterocycles. The van der Waals surface area contributed by atoms with Gasteiger partial charge in [-0.2, -0.15) is 5.26 Å². The number of nitriles is 1. The molecule has 5 rings (SSSR count). The van der Waals surface area contributed by atoms with Gasteiger partial charge in [-0.15, -0.1) is 0 Å². The number of carbonyl (C=O) groups excluding carboxylic acids is 1. The Bertz CT molecular complexity index is 1460. The van der Waals surface area contributed by atoms with E-state index < -0.39 is 6.09 Å². The second-order valence-corrected chi connectivity index (χ2v) is 9.78. The van der Waals surface area contributed by atoms with Crippen molar-refractivity contribution in [3.8, 4) is 23.1 Å². The van der Waals surface area contributed by atoms with Gasteiger partial charge < -0.3 is 18.6 Å². The molecule has 1 aliphatic carbocycles. The molecular formula is C29H31N5O3. The molecule has 8 nitrogen and oxygen atoms in total. The maximum atomic E-state index is 12.0. The lowest BCUT2D eigenvalue weighted by atomic mass is 10.1. The molecule has 1 N–H and O–H groups in total. The molecule has 0 aliphatic heterocycles. The summed E-state index contributed by atoms with van der Waals surface area (Å²) in [5, 5.41) is 13.8. The second-order valence-electron chi connectivity index (χ2n) is 9.78. The zero-order valence-electron chi connectivity index (χ0n) is 21.4. The number of benzene rings is 2. The van der Waals surface area contributed by atoms with Gasteiger partial charge in [0.15, 0.2) is 0 Å². The van der Waals surface area contributed by atoms with Crippen LogP contribution in [0, 0.1) is 17.2 Å². The molecule has 8 heteroatoms. The van der Waals surface area contributed by atoms with Crippen LogP contribution in [0.2, 0.25) is 0 Å². The van der Waals surface area contributed by atoms with Crippen molar-refractivity contribution in [1.82, 2.24) is 14.1 Å². The topological polar surface area (TPSA) is 94.1 Å². The number of hydrogen-bond acceptors (Lipinski definition) is 5. The zero-order chi connectivity index (χ0) is 25.9. The molecule has 0 saturated heterocycles. The van der Waals surface area contributed by atoms with Crippen LogP contribution in [0.1, 0.15) is 38.1 Å². The first-order valence-corrected chi connectivity index (χ1v) is 12.7. The zero-order valence-corrected chi connectivity index (χ0v) is 21.4. The van der Waals surface area contributed by atoms with Gasteiger partial charge in [0.05, 0.1) is 29.5 Å². The number of hydrogen-bond donors (Lipinski definition) is 1. The smallest absolute Gasteiger partial charge is 0.411 e. The Labute approximate surface area is 216 Å². The van der Waals surface area contributed by atoms with Crippen LogP contribution >= 0.6 is 0 Å². The van der Waals surface area contributed by atoms with Crippen molar-refractivity contribution < 1.29 is 14.3 Å². The molecule has 0 radical (unpaired) electrons. The summed E-state index contributed by atoms with van der Waals surface area (Å²) >= 11 is 0. The highest BCUT2D eigenvalue weighted by Gasteiger charge is 2.26. The minimum atomic E-state index is -0.487. The maximum Gasteiger partial charge on any atom is 0.411 e. The summed E-state index contributed by atoms with van der Waals surface area (Å²) in [6, 6.07) is 15.9. The lowest BCUT2D eigenvalue weighted by molar-refractivity contribution is 0.130. The molecule has 37 heavy (non-hydrogen) atoms. The van der Waals surface area contributed by atoms with E-state index in [1.807, 2.05) is 74.1 Å². The minimum absolute atomic E-state index is 0.195. The Kier molecular flexibility index (Phi) is 6.87. The van der Waals surface area contributed by atoms with Crippen molar-refractivity contribution in [3.05, 3.63) is 66.2 Å². The van der Waals surface area contributed by atoms with Crippen LogP contribution in [0.25, 0.3) is 22.2 Å². The van der Waals surface area contributed by atoms with E-state index in [1.165, 1.54) is 12.8 Å². The number of aromatic nitrogens is 3. The molecule has 1 fully saturated rings. The van der Waals surface area contributed by atoms with Crippen molar-refractivity contribution in [2.75, 3.05) is 11.9 Å². The van der Waals surface area contributed by atoms with Gasteiger partial charge in [0, 0.05) is 49.5 Å². The van der Waals surface area contributed by atoms with E-state index >= 15 is 0 Å². The minimum Gasteiger partial charge on any atom is -0.493 e. The number of carbonyl (C=O) groups is 1. The first-order chi connectivity index (χ1) is 17.9. The third-order valence-corrected chi connectivity index (χ3v) is 6.55. The quantitative estimate of drug-likeness (QED) is 0.311.